The summed E-state index contributed by atoms with van der Waals surface area (Å²) < 4.78 is 29.4. The summed E-state index contributed by atoms with van der Waals surface area (Å²) in [6, 6.07) is 10.2. The summed E-state index contributed by atoms with van der Waals surface area (Å²) in [7, 11) is 0. The number of benzene rings is 2. The van der Waals surface area contributed by atoms with E-state index < -0.39 is 11.6 Å². The van der Waals surface area contributed by atoms with Crippen LogP contribution in [-0.4, -0.2) is 43.4 Å². The van der Waals surface area contributed by atoms with Crippen molar-refractivity contribution in [1.82, 2.24) is 4.90 Å². The van der Waals surface area contributed by atoms with E-state index in [4.69, 9.17) is 0 Å². The molecule has 4 rings (SSSR count). The van der Waals surface area contributed by atoms with Crippen LogP contribution >= 0.6 is 12.4 Å². The summed E-state index contributed by atoms with van der Waals surface area (Å²) in [6.07, 6.45) is 3.19. The van der Waals surface area contributed by atoms with Crippen molar-refractivity contribution in [3.05, 3.63) is 53.6 Å². The van der Waals surface area contributed by atoms with Gasteiger partial charge in [-0.1, -0.05) is 24.3 Å². The molecule has 2 aromatic rings. The van der Waals surface area contributed by atoms with Crippen LogP contribution in [0.15, 0.2) is 36.4 Å². The van der Waals surface area contributed by atoms with Crippen molar-refractivity contribution >= 4 is 24.4 Å². The van der Waals surface area contributed by atoms with Crippen LogP contribution < -0.4 is 4.90 Å². The molecule has 26 heavy (non-hydrogen) atoms. The number of aldehydes is 1. The maximum atomic E-state index is 14.7. The standard InChI is InChI=1S/C20H20F2N2O.ClH/c21-18-11-15(17-4-2-1-3-14(17)13-25)12-19(22)20(18)24-9-7-23(8-10-24)16-5-6-16;/h1-4,11-13,16H,5-10H2;1H. The minimum absolute atomic E-state index is 0. The van der Waals surface area contributed by atoms with E-state index in [-0.39, 0.29) is 18.1 Å². The first kappa shape index (κ1) is 18.8. The molecule has 0 amide bonds. The van der Waals surface area contributed by atoms with Crippen LogP contribution in [-0.2, 0) is 0 Å². The predicted octanol–water partition coefficient (Wildman–Crippen LogP) is 4.15. The molecule has 0 unspecified atom stereocenters. The molecule has 1 heterocycles. The lowest BCUT2D eigenvalue weighted by molar-refractivity contribution is 0.112. The largest absolute Gasteiger partial charge is 0.364 e. The smallest absolute Gasteiger partial charge is 0.150 e. The van der Waals surface area contributed by atoms with E-state index in [0.29, 0.717) is 42.1 Å². The molecule has 0 radical (unpaired) electrons. The van der Waals surface area contributed by atoms with Gasteiger partial charge < -0.3 is 4.90 Å². The Balaban J connectivity index is 0.00000196. The number of nitrogens with zero attached hydrogens (tertiary/aromatic N) is 2. The van der Waals surface area contributed by atoms with Crippen molar-refractivity contribution in [2.45, 2.75) is 18.9 Å². The zero-order valence-corrected chi connectivity index (χ0v) is 15.1. The van der Waals surface area contributed by atoms with Gasteiger partial charge in [0.15, 0.2) is 6.29 Å². The molecule has 1 aliphatic heterocycles. The zero-order valence-electron chi connectivity index (χ0n) is 14.3. The fourth-order valence-electron chi connectivity index (χ4n) is 3.64. The van der Waals surface area contributed by atoms with Crippen LogP contribution in [0.4, 0.5) is 14.5 Å². The number of anilines is 1. The molecule has 2 aromatic carbocycles. The highest BCUT2D eigenvalue weighted by Crippen LogP contribution is 2.33. The van der Waals surface area contributed by atoms with Crippen molar-refractivity contribution in [3.63, 3.8) is 0 Å². The Morgan fingerprint density at radius 3 is 2.15 bits per heavy atom. The number of carbonyl (C=O) groups is 1. The molecule has 0 spiro atoms. The maximum absolute atomic E-state index is 14.7. The van der Waals surface area contributed by atoms with Crippen molar-refractivity contribution in [2.24, 2.45) is 0 Å². The maximum Gasteiger partial charge on any atom is 0.150 e. The van der Waals surface area contributed by atoms with Crippen LogP contribution in [0.1, 0.15) is 23.2 Å². The molecule has 6 heteroatoms. The van der Waals surface area contributed by atoms with E-state index >= 15 is 0 Å². The lowest BCUT2D eigenvalue weighted by atomic mass is 9.99. The van der Waals surface area contributed by atoms with E-state index in [0.717, 1.165) is 13.1 Å². The molecule has 138 valence electrons. The second-order valence-corrected chi connectivity index (χ2v) is 6.75. The zero-order chi connectivity index (χ0) is 17.4. The first-order chi connectivity index (χ1) is 12.2. The third kappa shape index (κ3) is 3.60. The van der Waals surface area contributed by atoms with E-state index in [1.165, 1.54) is 25.0 Å². The van der Waals surface area contributed by atoms with E-state index in [9.17, 15) is 13.6 Å². The molecular weight excluding hydrogens is 358 g/mol. The molecular formula is C20H21ClF2N2O. The van der Waals surface area contributed by atoms with Crippen molar-refractivity contribution in [3.8, 4) is 11.1 Å². The second kappa shape index (κ2) is 7.72. The summed E-state index contributed by atoms with van der Waals surface area (Å²) in [5, 5.41) is 0. The highest BCUT2D eigenvalue weighted by molar-refractivity contribution is 5.87. The summed E-state index contributed by atoms with van der Waals surface area (Å²) >= 11 is 0. The van der Waals surface area contributed by atoms with Crippen LogP contribution in [0.5, 0.6) is 0 Å². The average Bonchev–Trinajstić information content (AvgIpc) is 3.47. The van der Waals surface area contributed by atoms with Crippen molar-refractivity contribution in [1.29, 1.82) is 0 Å². The number of carbonyl (C=O) groups excluding carboxylic acids is 1. The molecule has 1 saturated heterocycles. The summed E-state index contributed by atoms with van der Waals surface area (Å²) in [4.78, 5) is 15.4. The van der Waals surface area contributed by atoms with Crippen molar-refractivity contribution < 1.29 is 13.6 Å². The fraction of sp³-hybridized carbons (Fsp3) is 0.350. The Bertz CT molecular complexity index is 779. The van der Waals surface area contributed by atoms with E-state index in [1.54, 1.807) is 29.2 Å². The molecule has 2 aliphatic rings. The molecule has 2 fully saturated rings. The monoisotopic (exact) mass is 378 g/mol. The van der Waals surface area contributed by atoms with Gasteiger partial charge in [-0.25, -0.2) is 8.78 Å². The predicted molar refractivity (Wildman–Crippen MR) is 101 cm³/mol. The van der Waals surface area contributed by atoms with Gasteiger partial charge in [-0.15, -0.1) is 12.4 Å². The van der Waals surface area contributed by atoms with Gasteiger partial charge in [0, 0.05) is 37.8 Å². The van der Waals surface area contributed by atoms with Gasteiger partial charge in [0.05, 0.1) is 0 Å². The van der Waals surface area contributed by atoms with Gasteiger partial charge in [-0.2, -0.15) is 0 Å². The van der Waals surface area contributed by atoms with Crippen LogP contribution in [0.25, 0.3) is 11.1 Å². The highest BCUT2D eigenvalue weighted by Gasteiger charge is 2.32. The molecule has 3 nitrogen and oxygen atoms in total. The third-order valence-corrected chi connectivity index (χ3v) is 5.11. The molecule has 1 saturated carbocycles. The second-order valence-electron chi connectivity index (χ2n) is 6.75. The average molecular weight is 379 g/mol. The Labute approximate surface area is 158 Å². The fourth-order valence-corrected chi connectivity index (χ4v) is 3.64. The number of rotatable bonds is 4. The molecule has 0 bridgehead atoms. The third-order valence-electron chi connectivity index (χ3n) is 5.11. The van der Waals surface area contributed by atoms with E-state index in [1.807, 2.05) is 0 Å². The Kier molecular flexibility index (Phi) is 5.58. The molecule has 0 atom stereocenters. The molecule has 0 N–H and O–H groups in total. The van der Waals surface area contributed by atoms with Crippen molar-refractivity contribution in [2.75, 3.05) is 31.1 Å². The number of halogens is 3. The SMILES string of the molecule is Cl.O=Cc1ccccc1-c1cc(F)c(N2CCN(C3CC3)CC2)c(F)c1. The summed E-state index contributed by atoms with van der Waals surface area (Å²) in [5.41, 5.74) is 1.40. The number of hydrogen-bond donors (Lipinski definition) is 0. The minimum Gasteiger partial charge on any atom is -0.364 e. The lowest BCUT2D eigenvalue weighted by Gasteiger charge is -2.36. The van der Waals surface area contributed by atoms with Crippen LogP contribution in [0, 0.1) is 11.6 Å². The summed E-state index contributed by atoms with van der Waals surface area (Å²) in [5.74, 6) is -1.15. The number of piperazine rings is 1. The van der Waals surface area contributed by atoms with Crippen LogP contribution in [0.2, 0.25) is 0 Å². The Hall–Kier alpha value is -1.98. The van der Waals surface area contributed by atoms with E-state index in [2.05, 4.69) is 4.90 Å². The first-order valence-corrected chi connectivity index (χ1v) is 8.70. The van der Waals surface area contributed by atoms with Gasteiger partial charge in [0.1, 0.15) is 17.3 Å². The number of hydrogen-bond acceptors (Lipinski definition) is 3. The van der Waals surface area contributed by atoms with Gasteiger partial charge >= 0.3 is 0 Å². The van der Waals surface area contributed by atoms with Crippen LogP contribution in [0.3, 0.4) is 0 Å². The van der Waals surface area contributed by atoms with Gasteiger partial charge in [0.25, 0.3) is 0 Å². The summed E-state index contributed by atoms with van der Waals surface area (Å²) in [6.45, 7) is 2.96. The quantitative estimate of drug-likeness (QED) is 0.747. The highest BCUT2D eigenvalue weighted by atomic mass is 35.5. The Morgan fingerprint density at radius 1 is 0.962 bits per heavy atom. The normalized spacial score (nSPS) is 17.7. The molecule has 1 aliphatic carbocycles. The topological polar surface area (TPSA) is 23.6 Å². The van der Waals surface area contributed by atoms with Gasteiger partial charge in [0.2, 0.25) is 0 Å². The first-order valence-electron chi connectivity index (χ1n) is 8.70. The lowest BCUT2D eigenvalue weighted by Crippen LogP contribution is -2.47. The minimum atomic E-state index is -0.574. The van der Waals surface area contributed by atoms with Gasteiger partial charge in [-0.3, -0.25) is 9.69 Å². The molecule has 0 aromatic heterocycles. The van der Waals surface area contributed by atoms with Gasteiger partial charge in [-0.05, 0) is 36.1 Å². The Morgan fingerprint density at radius 2 is 1.58 bits per heavy atom.